The molecule has 8 nitrogen and oxygen atoms in total. The van der Waals surface area contributed by atoms with Crippen molar-refractivity contribution in [1.29, 1.82) is 0 Å². The lowest BCUT2D eigenvalue weighted by molar-refractivity contribution is 0.119. The minimum Gasteiger partial charge on any atom is -0.437 e. The molecular formula is C17H24ClN5O3. The molecule has 0 aliphatic rings. The molecule has 142 valence electrons. The first kappa shape index (κ1) is 20.0. The molecule has 0 atom stereocenters. The largest absolute Gasteiger partial charge is 0.515 e. The molecule has 9 heteroatoms. The van der Waals surface area contributed by atoms with Crippen LogP contribution in [0.3, 0.4) is 0 Å². The molecule has 1 aromatic heterocycles. The van der Waals surface area contributed by atoms with Gasteiger partial charge in [-0.2, -0.15) is 4.80 Å². The Balaban J connectivity index is 2.20. The summed E-state index contributed by atoms with van der Waals surface area (Å²) in [6.07, 6.45) is -0.856. The number of halogens is 1. The van der Waals surface area contributed by atoms with Crippen LogP contribution in [0.5, 0.6) is 5.88 Å². The van der Waals surface area contributed by atoms with Gasteiger partial charge >= 0.3 is 6.16 Å². The van der Waals surface area contributed by atoms with Gasteiger partial charge in [0.2, 0.25) is 5.82 Å². The van der Waals surface area contributed by atoms with Crippen LogP contribution in [-0.4, -0.2) is 52.8 Å². The summed E-state index contributed by atoms with van der Waals surface area (Å²) in [6.45, 7) is 9.35. The molecule has 0 bridgehead atoms. The van der Waals surface area contributed by atoms with Crippen LogP contribution in [0.15, 0.2) is 18.2 Å². The van der Waals surface area contributed by atoms with Gasteiger partial charge in [0.25, 0.3) is 5.88 Å². The van der Waals surface area contributed by atoms with Crippen molar-refractivity contribution in [1.82, 2.24) is 19.9 Å². The van der Waals surface area contributed by atoms with Gasteiger partial charge in [-0.3, -0.25) is 0 Å². The maximum Gasteiger partial charge on any atom is 0.515 e. The van der Waals surface area contributed by atoms with Crippen LogP contribution in [-0.2, 0) is 11.3 Å². The maximum atomic E-state index is 11.5. The van der Waals surface area contributed by atoms with E-state index < -0.39 is 6.16 Å². The SMILES string of the molecule is CCN(CC)CCn1nc(Nc2ccc(C)c(Cl)c2)c(OC(=O)OC)n1. The maximum absolute atomic E-state index is 11.5. The van der Waals surface area contributed by atoms with E-state index in [-0.39, 0.29) is 5.88 Å². The summed E-state index contributed by atoms with van der Waals surface area (Å²) in [5.41, 5.74) is 1.68. The van der Waals surface area contributed by atoms with Crippen molar-refractivity contribution in [3.63, 3.8) is 0 Å². The van der Waals surface area contributed by atoms with Gasteiger partial charge < -0.3 is 19.7 Å². The molecule has 2 aromatic rings. The average Bonchev–Trinajstić information content (AvgIpc) is 3.00. The predicted molar refractivity (Wildman–Crippen MR) is 100 cm³/mol. The number of aromatic nitrogens is 3. The second-order valence-corrected chi connectivity index (χ2v) is 6.03. The molecule has 1 aromatic carbocycles. The Morgan fingerprint density at radius 1 is 1.31 bits per heavy atom. The summed E-state index contributed by atoms with van der Waals surface area (Å²) in [6, 6.07) is 5.52. The van der Waals surface area contributed by atoms with Crippen LogP contribution in [0.4, 0.5) is 16.3 Å². The fourth-order valence-corrected chi connectivity index (χ4v) is 2.46. The number of hydrogen-bond donors (Lipinski definition) is 1. The van der Waals surface area contributed by atoms with E-state index in [4.69, 9.17) is 16.3 Å². The Hall–Kier alpha value is -2.32. The molecule has 0 saturated carbocycles. The predicted octanol–water partition coefficient (Wildman–Crippen LogP) is 3.47. The van der Waals surface area contributed by atoms with Crippen LogP contribution in [0.1, 0.15) is 19.4 Å². The number of hydrogen-bond acceptors (Lipinski definition) is 7. The number of anilines is 2. The van der Waals surface area contributed by atoms with Gasteiger partial charge in [0, 0.05) is 17.3 Å². The van der Waals surface area contributed by atoms with E-state index in [1.807, 2.05) is 19.1 Å². The third-order valence-corrected chi connectivity index (χ3v) is 4.32. The number of nitrogens with one attached hydrogen (secondary N) is 1. The molecule has 0 fully saturated rings. The minimum absolute atomic E-state index is 0.0492. The highest BCUT2D eigenvalue weighted by molar-refractivity contribution is 6.31. The molecule has 2 rings (SSSR count). The second kappa shape index (κ2) is 9.40. The average molecular weight is 382 g/mol. The third kappa shape index (κ3) is 5.34. The van der Waals surface area contributed by atoms with Crippen molar-refractivity contribution in [3.8, 4) is 5.88 Å². The van der Waals surface area contributed by atoms with Gasteiger partial charge in [-0.1, -0.05) is 31.5 Å². The fraction of sp³-hybridized carbons (Fsp3) is 0.471. The van der Waals surface area contributed by atoms with Crippen molar-refractivity contribution in [2.45, 2.75) is 27.3 Å². The van der Waals surface area contributed by atoms with Crippen LogP contribution < -0.4 is 10.1 Å². The number of carbonyl (C=O) groups is 1. The summed E-state index contributed by atoms with van der Waals surface area (Å²) in [7, 11) is 1.24. The number of methoxy groups -OCH3 is 1. The number of carbonyl (C=O) groups excluding carboxylic acids is 1. The summed E-state index contributed by atoms with van der Waals surface area (Å²) in [4.78, 5) is 15.2. The molecule has 0 aliphatic carbocycles. The third-order valence-electron chi connectivity index (χ3n) is 3.92. The first-order valence-electron chi connectivity index (χ1n) is 8.43. The molecule has 0 unspecified atom stereocenters. The van der Waals surface area contributed by atoms with Crippen molar-refractivity contribution >= 4 is 29.3 Å². The summed E-state index contributed by atoms with van der Waals surface area (Å²) in [5, 5.41) is 12.3. The molecule has 0 amide bonds. The van der Waals surface area contributed by atoms with E-state index in [1.165, 1.54) is 11.9 Å². The molecule has 0 saturated heterocycles. The van der Waals surface area contributed by atoms with Crippen LogP contribution in [0, 0.1) is 6.92 Å². The molecule has 1 heterocycles. The Morgan fingerprint density at radius 3 is 2.65 bits per heavy atom. The molecular weight excluding hydrogens is 358 g/mol. The number of benzene rings is 1. The standard InChI is InChI=1S/C17H24ClN5O3/c1-5-22(6-2)9-10-23-20-15(16(21-23)26-17(24)25-4)19-13-8-7-12(3)14(18)11-13/h7-8,11H,5-6,9-10H2,1-4H3,(H,19,20). The fourth-order valence-electron chi connectivity index (χ4n) is 2.28. The monoisotopic (exact) mass is 381 g/mol. The Morgan fingerprint density at radius 2 is 2.04 bits per heavy atom. The lowest BCUT2D eigenvalue weighted by Gasteiger charge is -2.16. The number of rotatable bonds is 8. The van der Waals surface area contributed by atoms with Gasteiger partial charge in [0.05, 0.1) is 13.7 Å². The lowest BCUT2D eigenvalue weighted by atomic mass is 10.2. The lowest BCUT2D eigenvalue weighted by Crippen LogP contribution is -2.27. The van der Waals surface area contributed by atoms with E-state index >= 15 is 0 Å². The van der Waals surface area contributed by atoms with E-state index in [1.54, 1.807) is 6.07 Å². The number of likely N-dealkylation sites (N-methyl/N-ethyl adjacent to an activating group) is 1. The Kier molecular flexibility index (Phi) is 7.23. The first-order chi connectivity index (χ1) is 12.5. The van der Waals surface area contributed by atoms with Crippen molar-refractivity contribution in [2.75, 3.05) is 32.1 Å². The number of aryl methyl sites for hydroxylation is 1. The zero-order valence-corrected chi connectivity index (χ0v) is 16.2. The highest BCUT2D eigenvalue weighted by atomic mass is 35.5. The van der Waals surface area contributed by atoms with Gasteiger partial charge in [0.1, 0.15) is 0 Å². The summed E-state index contributed by atoms with van der Waals surface area (Å²) < 4.78 is 9.64. The van der Waals surface area contributed by atoms with Gasteiger partial charge in [-0.15, -0.1) is 10.2 Å². The molecule has 26 heavy (non-hydrogen) atoms. The second-order valence-electron chi connectivity index (χ2n) is 5.62. The smallest absolute Gasteiger partial charge is 0.437 e. The molecule has 0 aliphatic heterocycles. The minimum atomic E-state index is -0.856. The van der Waals surface area contributed by atoms with E-state index in [9.17, 15) is 4.79 Å². The highest BCUT2D eigenvalue weighted by Crippen LogP contribution is 2.27. The zero-order valence-electron chi connectivity index (χ0n) is 15.5. The Bertz CT molecular complexity index is 746. The van der Waals surface area contributed by atoms with Gasteiger partial charge in [-0.05, 0) is 37.7 Å². The number of ether oxygens (including phenoxy) is 2. The number of nitrogens with zero attached hydrogens (tertiary/aromatic N) is 4. The van der Waals surface area contributed by atoms with Crippen LogP contribution >= 0.6 is 11.6 Å². The summed E-state index contributed by atoms with van der Waals surface area (Å²) in [5.74, 6) is 0.364. The topological polar surface area (TPSA) is 81.5 Å². The Labute approximate surface area is 158 Å². The van der Waals surface area contributed by atoms with Crippen molar-refractivity contribution in [2.24, 2.45) is 0 Å². The molecule has 1 N–H and O–H groups in total. The van der Waals surface area contributed by atoms with E-state index in [2.05, 4.69) is 39.0 Å². The van der Waals surface area contributed by atoms with Crippen molar-refractivity contribution < 1.29 is 14.3 Å². The van der Waals surface area contributed by atoms with Crippen LogP contribution in [0.25, 0.3) is 0 Å². The van der Waals surface area contributed by atoms with Crippen LogP contribution in [0.2, 0.25) is 5.02 Å². The van der Waals surface area contributed by atoms with E-state index in [0.717, 1.165) is 25.2 Å². The van der Waals surface area contributed by atoms with E-state index in [0.29, 0.717) is 23.1 Å². The van der Waals surface area contributed by atoms with Gasteiger partial charge in [-0.25, -0.2) is 4.79 Å². The normalized spacial score (nSPS) is 10.8. The quantitative estimate of drug-likeness (QED) is 0.701. The van der Waals surface area contributed by atoms with Crippen molar-refractivity contribution in [3.05, 3.63) is 28.8 Å². The zero-order chi connectivity index (χ0) is 19.1. The molecule has 0 radical (unpaired) electrons. The first-order valence-corrected chi connectivity index (χ1v) is 8.81. The molecule has 0 spiro atoms. The summed E-state index contributed by atoms with van der Waals surface area (Å²) >= 11 is 6.16. The highest BCUT2D eigenvalue weighted by Gasteiger charge is 2.17. The van der Waals surface area contributed by atoms with Gasteiger partial charge in [0.15, 0.2) is 0 Å².